The van der Waals surface area contributed by atoms with E-state index in [0.717, 1.165) is 16.8 Å². The second kappa shape index (κ2) is 9.25. The summed E-state index contributed by atoms with van der Waals surface area (Å²) in [6, 6.07) is 6.44. The summed E-state index contributed by atoms with van der Waals surface area (Å²) in [5.41, 5.74) is 9.05. The Morgan fingerprint density at radius 2 is 2.11 bits per heavy atom. The smallest absolute Gasteiger partial charge is 0.305 e. The van der Waals surface area contributed by atoms with Gasteiger partial charge in [0.15, 0.2) is 0 Å². The molecule has 2 N–H and O–H groups in total. The first-order chi connectivity index (χ1) is 13.6. The van der Waals surface area contributed by atoms with Crippen LogP contribution in [0.4, 0.5) is 10.3 Å². The molecule has 3 rings (SSSR count). The van der Waals surface area contributed by atoms with Crippen molar-refractivity contribution in [3.63, 3.8) is 0 Å². The Morgan fingerprint density at radius 3 is 2.86 bits per heavy atom. The number of anilines is 1. The molecule has 0 spiro atoms. The standard InChI is InChI=1S/C20H23FN4O3/c1-2-27-19(26)4-3-9-28-25-18-11-14(13-5-7-15(21)8-6-13)10-17-16(18)12-23-20(22)24-17/h5-8,12,14H,2-4,9-11H2,1H3,(H2,22,23,24)/b25-18+. The van der Waals surface area contributed by atoms with Crippen molar-refractivity contribution in [2.75, 3.05) is 18.9 Å². The number of ether oxygens (including phenoxy) is 1. The Balaban J connectivity index is 1.71. The Hall–Kier alpha value is -3.03. The molecule has 0 amide bonds. The summed E-state index contributed by atoms with van der Waals surface area (Å²) in [5.74, 6) is -0.232. The van der Waals surface area contributed by atoms with Crippen molar-refractivity contribution in [1.82, 2.24) is 9.97 Å². The number of fused-ring (bicyclic) bond motifs is 1. The largest absolute Gasteiger partial charge is 0.466 e. The van der Waals surface area contributed by atoms with E-state index in [0.29, 0.717) is 38.2 Å². The normalized spacial score (nSPS) is 17.2. The van der Waals surface area contributed by atoms with Crippen LogP contribution in [0.3, 0.4) is 0 Å². The van der Waals surface area contributed by atoms with E-state index in [-0.39, 0.29) is 30.1 Å². The number of esters is 1. The van der Waals surface area contributed by atoms with Crippen LogP contribution in [0.25, 0.3) is 0 Å². The van der Waals surface area contributed by atoms with Crippen LogP contribution in [0.5, 0.6) is 0 Å². The molecule has 1 atom stereocenters. The lowest BCUT2D eigenvalue weighted by Gasteiger charge is -2.25. The van der Waals surface area contributed by atoms with Gasteiger partial charge in [0, 0.05) is 24.6 Å². The highest BCUT2D eigenvalue weighted by molar-refractivity contribution is 6.02. The molecule has 7 nitrogen and oxygen atoms in total. The predicted octanol–water partition coefficient (Wildman–Crippen LogP) is 2.99. The number of nitrogens with two attached hydrogens (primary N) is 1. The summed E-state index contributed by atoms with van der Waals surface area (Å²) in [5, 5.41) is 4.26. The molecule has 0 saturated heterocycles. The predicted molar refractivity (Wildman–Crippen MR) is 102 cm³/mol. The fraction of sp³-hybridized carbons (Fsp3) is 0.400. The van der Waals surface area contributed by atoms with Crippen LogP contribution in [0, 0.1) is 5.82 Å². The van der Waals surface area contributed by atoms with Gasteiger partial charge in [-0.05, 0) is 43.4 Å². The average molecular weight is 386 g/mol. The van der Waals surface area contributed by atoms with Gasteiger partial charge in [0.1, 0.15) is 12.4 Å². The second-order valence-electron chi connectivity index (χ2n) is 6.53. The van der Waals surface area contributed by atoms with Gasteiger partial charge in [0.25, 0.3) is 0 Å². The van der Waals surface area contributed by atoms with Gasteiger partial charge in [0.05, 0.1) is 18.0 Å². The fourth-order valence-electron chi connectivity index (χ4n) is 3.17. The van der Waals surface area contributed by atoms with Crippen molar-refractivity contribution in [3.05, 3.63) is 53.1 Å². The van der Waals surface area contributed by atoms with Crippen molar-refractivity contribution in [1.29, 1.82) is 0 Å². The van der Waals surface area contributed by atoms with E-state index in [1.807, 2.05) is 0 Å². The monoisotopic (exact) mass is 386 g/mol. The molecule has 1 heterocycles. The summed E-state index contributed by atoms with van der Waals surface area (Å²) >= 11 is 0. The van der Waals surface area contributed by atoms with E-state index in [2.05, 4.69) is 15.1 Å². The van der Waals surface area contributed by atoms with Gasteiger partial charge in [0.2, 0.25) is 5.95 Å². The molecule has 8 heteroatoms. The molecule has 0 saturated carbocycles. The van der Waals surface area contributed by atoms with Gasteiger partial charge in [-0.15, -0.1) is 0 Å². The van der Waals surface area contributed by atoms with Crippen LogP contribution < -0.4 is 5.73 Å². The van der Waals surface area contributed by atoms with E-state index in [4.69, 9.17) is 15.3 Å². The van der Waals surface area contributed by atoms with Crippen LogP contribution in [0.1, 0.15) is 48.9 Å². The number of nitrogen functional groups attached to an aromatic ring is 1. The highest BCUT2D eigenvalue weighted by Crippen LogP contribution is 2.32. The zero-order valence-electron chi connectivity index (χ0n) is 15.7. The van der Waals surface area contributed by atoms with E-state index < -0.39 is 0 Å². The highest BCUT2D eigenvalue weighted by atomic mass is 19.1. The lowest BCUT2D eigenvalue weighted by atomic mass is 9.82. The van der Waals surface area contributed by atoms with Crippen molar-refractivity contribution in [2.24, 2.45) is 5.16 Å². The van der Waals surface area contributed by atoms with E-state index in [1.54, 1.807) is 25.3 Å². The molecular formula is C20H23FN4O3. The molecular weight excluding hydrogens is 363 g/mol. The number of hydrogen-bond donors (Lipinski definition) is 1. The fourth-order valence-corrected chi connectivity index (χ4v) is 3.17. The van der Waals surface area contributed by atoms with Gasteiger partial charge in [-0.1, -0.05) is 17.3 Å². The number of hydrogen-bond acceptors (Lipinski definition) is 7. The zero-order chi connectivity index (χ0) is 19.9. The number of halogens is 1. The van der Waals surface area contributed by atoms with Crippen molar-refractivity contribution < 1.29 is 18.8 Å². The molecule has 0 bridgehead atoms. The molecule has 1 unspecified atom stereocenters. The van der Waals surface area contributed by atoms with Crippen LogP contribution in [0.2, 0.25) is 0 Å². The Morgan fingerprint density at radius 1 is 1.32 bits per heavy atom. The number of carbonyl (C=O) groups excluding carboxylic acids is 1. The summed E-state index contributed by atoms with van der Waals surface area (Å²) in [7, 11) is 0. The first-order valence-corrected chi connectivity index (χ1v) is 9.28. The van der Waals surface area contributed by atoms with Gasteiger partial charge in [-0.2, -0.15) is 0 Å². The second-order valence-corrected chi connectivity index (χ2v) is 6.53. The summed E-state index contributed by atoms with van der Waals surface area (Å²) < 4.78 is 18.1. The maximum Gasteiger partial charge on any atom is 0.305 e. The van der Waals surface area contributed by atoms with Crippen LogP contribution in [-0.2, 0) is 20.8 Å². The number of rotatable bonds is 7. The van der Waals surface area contributed by atoms with Crippen LogP contribution >= 0.6 is 0 Å². The minimum atomic E-state index is -0.273. The molecule has 1 aliphatic rings. The molecule has 1 aromatic heterocycles. The van der Waals surface area contributed by atoms with Gasteiger partial charge in [-0.3, -0.25) is 4.79 Å². The Kier molecular flexibility index (Phi) is 6.52. The highest BCUT2D eigenvalue weighted by Gasteiger charge is 2.27. The van der Waals surface area contributed by atoms with Crippen molar-refractivity contribution in [2.45, 2.75) is 38.5 Å². The third kappa shape index (κ3) is 5.03. The first-order valence-electron chi connectivity index (χ1n) is 9.28. The summed E-state index contributed by atoms with van der Waals surface area (Å²) in [6.45, 7) is 2.44. The lowest BCUT2D eigenvalue weighted by Crippen LogP contribution is -2.22. The SMILES string of the molecule is CCOC(=O)CCCO/N=C1\CC(c2ccc(F)cc2)Cc2nc(N)ncc21. The minimum absolute atomic E-state index is 0.0873. The van der Waals surface area contributed by atoms with Gasteiger partial charge >= 0.3 is 5.97 Å². The number of benzene rings is 1. The Labute approximate surface area is 162 Å². The van der Waals surface area contributed by atoms with Crippen LogP contribution in [-0.4, -0.2) is 34.9 Å². The molecule has 1 aromatic carbocycles. The van der Waals surface area contributed by atoms with Crippen molar-refractivity contribution >= 4 is 17.6 Å². The number of aromatic nitrogens is 2. The van der Waals surface area contributed by atoms with Crippen LogP contribution in [0.15, 0.2) is 35.6 Å². The molecule has 148 valence electrons. The molecule has 2 aromatic rings. The molecule has 0 aliphatic heterocycles. The maximum atomic E-state index is 13.3. The average Bonchev–Trinajstić information content (AvgIpc) is 2.68. The zero-order valence-corrected chi connectivity index (χ0v) is 15.7. The molecule has 0 radical (unpaired) electrons. The third-order valence-electron chi connectivity index (χ3n) is 4.51. The third-order valence-corrected chi connectivity index (χ3v) is 4.51. The molecule has 28 heavy (non-hydrogen) atoms. The number of nitrogens with zero attached hydrogens (tertiary/aromatic N) is 3. The minimum Gasteiger partial charge on any atom is -0.466 e. The first kappa shape index (κ1) is 19.7. The Bertz CT molecular complexity index is 855. The van der Waals surface area contributed by atoms with E-state index >= 15 is 0 Å². The van der Waals surface area contributed by atoms with E-state index in [9.17, 15) is 9.18 Å². The number of oxime groups is 1. The topological polar surface area (TPSA) is 99.7 Å². The number of carbonyl (C=O) groups is 1. The summed E-state index contributed by atoms with van der Waals surface area (Å²) in [6.07, 6.45) is 3.73. The maximum absolute atomic E-state index is 13.3. The molecule has 0 fully saturated rings. The quantitative estimate of drug-likeness (QED) is 0.446. The summed E-state index contributed by atoms with van der Waals surface area (Å²) in [4.78, 5) is 25.2. The molecule has 1 aliphatic carbocycles. The van der Waals surface area contributed by atoms with Gasteiger partial charge < -0.3 is 15.3 Å². The lowest BCUT2D eigenvalue weighted by molar-refractivity contribution is -0.143. The van der Waals surface area contributed by atoms with E-state index in [1.165, 1.54) is 12.1 Å². The van der Waals surface area contributed by atoms with Gasteiger partial charge in [-0.25, -0.2) is 14.4 Å². The van der Waals surface area contributed by atoms with Crippen molar-refractivity contribution in [3.8, 4) is 0 Å².